The van der Waals surface area contributed by atoms with Gasteiger partial charge in [0.25, 0.3) is 11.8 Å². The van der Waals surface area contributed by atoms with Crippen LogP contribution in [0.3, 0.4) is 0 Å². The third kappa shape index (κ3) is 5.67. The molecule has 2 aromatic carbocycles. The van der Waals surface area contributed by atoms with Gasteiger partial charge in [-0.1, -0.05) is 24.6 Å². The quantitative estimate of drug-likeness (QED) is 0.704. The molecule has 2 amide bonds. The first-order valence-electron chi connectivity index (χ1n) is 8.49. The highest BCUT2D eigenvalue weighted by Gasteiger charge is 2.10. The predicted octanol–water partition coefficient (Wildman–Crippen LogP) is 3.65. The van der Waals surface area contributed by atoms with Gasteiger partial charge in [-0.2, -0.15) is 0 Å². The Hall–Kier alpha value is -2.73. The number of amides is 2. The van der Waals surface area contributed by atoms with Crippen LogP contribution in [-0.4, -0.2) is 23.0 Å². The fourth-order valence-corrected chi connectivity index (χ4v) is 2.45. The molecule has 3 N–H and O–H groups in total. The van der Waals surface area contributed by atoms with Gasteiger partial charge in [-0.25, -0.2) is 0 Å². The fourth-order valence-electron chi connectivity index (χ4n) is 2.24. The Morgan fingerprint density at radius 2 is 1.73 bits per heavy atom. The van der Waals surface area contributed by atoms with Crippen LogP contribution in [0.4, 0.5) is 5.69 Å². The number of hydrogen-bond acceptors (Lipinski definition) is 3. The van der Waals surface area contributed by atoms with E-state index < -0.39 is 0 Å². The van der Waals surface area contributed by atoms with Crippen LogP contribution in [0.15, 0.2) is 48.5 Å². The number of benzene rings is 2. The number of carbonyl (C=O) groups is 2. The smallest absolute Gasteiger partial charge is 0.257 e. The molecule has 0 spiro atoms. The minimum absolute atomic E-state index is 0.110. The second-order valence-corrected chi connectivity index (χ2v) is 6.55. The first-order valence-corrected chi connectivity index (χ1v) is 8.89. The van der Waals surface area contributed by atoms with Gasteiger partial charge < -0.3 is 10.6 Å². The average Bonchev–Trinajstić information content (AvgIpc) is 2.62. The van der Waals surface area contributed by atoms with Crippen molar-refractivity contribution in [3.63, 3.8) is 0 Å². The Morgan fingerprint density at radius 1 is 1.04 bits per heavy atom. The van der Waals surface area contributed by atoms with Crippen LogP contribution in [-0.2, 0) is 0 Å². The monoisotopic (exact) mass is 369 g/mol. The van der Waals surface area contributed by atoms with Gasteiger partial charge in [-0.3, -0.25) is 14.9 Å². The van der Waals surface area contributed by atoms with Gasteiger partial charge in [0, 0.05) is 22.9 Å². The lowest BCUT2D eigenvalue weighted by Gasteiger charge is -2.12. The van der Waals surface area contributed by atoms with Gasteiger partial charge in [-0.15, -0.1) is 0 Å². The maximum Gasteiger partial charge on any atom is 0.257 e. The van der Waals surface area contributed by atoms with Crippen molar-refractivity contribution in [1.82, 2.24) is 10.6 Å². The molecular formula is C20H23N3O2S. The average molecular weight is 369 g/mol. The molecule has 5 nitrogen and oxygen atoms in total. The van der Waals surface area contributed by atoms with Crippen molar-refractivity contribution in [3.8, 4) is 0 Å². The summed E-state index contributed by atoms with van der Waals surface area (Å²) in [6.45, 7) is 5.90. The van der Waals surface area contributed by atoms with Crippen LogP contribution in [0.25, 0.3) is 0 Å². The second kappa shape index (κ2) is 9.10. The minimum atomic E-state index is -0.268. The number of nitrogens with one attached hydrogen (secondary N) is 3. The molecule has 0 bridgehead atoms. The van der Waals surface area contributed by atoms with E-state index in [0.717, 1.165) is 12.0 Å². The maximum absolute atomic E-state index is 12.2. The molecular weight excluding hydrogens is 346 g/mol. The van der Waals surface area contributed by atoms with E-state index in [1.54, 1.807) is 36.4 Å². The van der Waals surface area contributed by atoms with Crippen LogP contribution in [0.1, 0.15) is 46.5 Å². The number of thiocarbonyl (C=S) groups is 1. The van der Waals surface area contributed by atoms with Crippen molar-refractivity contribution >= 4 is 34.8 Å². The summed E-state index contributed by atoms with van der Waals surface area (Å²) in [6.07, 6.45) is 0.875. The first-order chi connectivity index (χ1) is 12.4. The summed E-state index contributed by atoms with van der Waals surface area (Å²) in [5.74, 6) is -0.378. The number of aryl methyl sites for hydroxylation is 1. The summed E-state index contributed by atoms with van der Waals surface area (Å²) >= 11 is 5.18. The summed E-state index contributed by atoms with van der Waals surface area (Å²) in [5.41, 5.74) is 2.82. The molecule has 0 fully saturated rings. The van der Waals surface area contributed by atoms with Crippen molar-refractivity contribution in [2.75, 3.05) is 5.32 Å². The Labute approximate surface area is 159 Å². The van der Waals surface area contributed by atoms with Gasteiger partial charge in [0.15, 0.2) is 5.11 Å². The summed E-state index contributed by atoms with van der Waals surface area (Å²) in [5, 5.41) is 8.70. The molecule has 0 aliphatic heterocycles. The van der Waals surface area contributed by atoms with Crippen molar-refractivity contribution in [3.05, 3.63) is 65.2 Å². The van der Waals surface area contributed by atoms with Crippen LogP contribution in [0, 0.1) is 6.92 Å². The molecule has 2 rings (SSSR count). The molecule has 0 aliphatic carbocycles. The lowest BCUT2D eigenvalue weighted by molar-refractivity contribution is 0.0937. The van der Waals surface area contributed by atoms with E-state index in [0.29, 0.717) is 16.8 Å². The molecule has 1 unspecified atom stereocenters. The van der Waals surface area contributed by atoms with Gasteiger partial charge in [0.05, 0.1) is 0 Å². The van der Waals surface area contributed by atoms with Crippen molar-refractivity contribution in [2.24, 2.45) is 0 Å². The molecule has 0 aliphatic rings. The van der Waals surface area contributed by atoms with Crippen molar-refractivity contribution < 1.29 is 9.59 Å². The molecule has 26 heavy (non-hydrogen) atoms. The molecule has 2 aromatic rings. The highest BCUT2D eigenvalue weighted by atomic mass is 32.1. The maximum atomic E-state index is 12.2. The second-order valence-electron chi connectivity index (χ2n) is 6.14. The van der Waals surface area contributed by atoms with E-state index in [-0.39, 0.29) is 23.0 Å². The van der Waals surface area contributed by atoms with Crippen LogP contribution in [0.2, 0.25) is 0 Å². The SMILES string of the molecule is CCC(C)NC(=O)c1ccc(NC(=S)NC(=O)c2cccc(C)c2)cc1. The van der Waals surface area contributed by atoms with Crippen molar-refractivity contribution in [1.29, 1.82) is 0 Å². The third-order valence-electron chi connectivity index (χ3n) is 3.90. The summed E-state index contributed by atoms with van der Waals surface area (Å²) < 4.78 is 0. The molecule has 6 heteroatoms. The minimum Gasteiger partial charge on any atom is -0.350 e. The first kappa shape index (κ1) is 19.6. The topological polar surface area (TPSA) is 70.2 Å². The third-order valence-corrected chi connectivity index (χ3v) is 4.11. The Balaban J connectivity index is 1.93. The Morgan fingerprint density at radius 3 is 2.35 bits per heavy atom. The molecule has 0 aromatic heterocycles. The van der Waals surface area contributed by atoms with Gasteiger partial charge in [0.2, 0.25) is 0 Å². The van der Waals surface area contributed by atoms with E-state index in [1.807, 2.05) is 32.9 Å². The summed E-state index contributed by atoms with van der Waals surface area (Å²) in [4.78, 5) is 24.2. The van der Waals surface area contributed by atoms with Crippen LogP contribution in [0.5, 0.6) is 0 Å². The number of anilines is 1. The molecule has 136 valence electrons. The Bertz CT molecular complexity index is 803. The van der Waals surface area contributed by atoms with E-state index >= 15 is 0 Å². The van der Waals surface area contributed by atoms with Crippen molar-refractivity contribution in [2.45, 2.75) is 33.2 Å². The van der Waals surface area contributed by atoms with Crippen LogP contribution >= 0.6 is 12.2 Å². The van der Waals surface area contributed by atoms with Gasteiger partial charge >= 0.3 is 0 Å². The highest BCUT2D eigenvalue weighted by molar-refractivity contribution is 7.80. The largest absolute Gasteiger partial charge is 0.350 e. The predicted molar refractivity (Wildman–Crippen MR) is 109 cm³/mol. The zero-order valence-corrected chi connectivity index (χ0v) is 15.9. The number of carbonyl (C=O) groups excluding carboxylic acids is 2. The van der Waals surface area contributed by atoms with Crippen LogP contribution < -0.4 is 16.0 Å². The summed E-state index contributed by atoms with van der Waals surface area (Å²) in [6, 6.07) is 14.3. The molecule has 0 heterocycles. The van der Waals surface area contributed by atoms with E-state index in [2.05, 4.69) is 16.0 Å². The molecule has 0 radical (unpaired) electrons. The number of hydrogen-bond donors (Lipinski definition) is 3. The standard InChI is InChI=1S/C20H23N3O2S/c1-4-14(3)21-18(24)15-8-10-17(11-9-15)22-20(26)23-19(25)16-7-5-6-13(2)12-16/h5-12,14H,4H2,1-3H3,(H,21,24)(H2,22,23,25,26). The van der Waals surface area contributed by atoms with Gasteiger partial charge in [-0.05, 0) is 68.9 Å². The Kier molecular flexibility index (Phi) is 6.86. The fraction of sp³-hybridized carbons (Fsp3) is 0.250. The zero-order valence-electron chi connectivity index (χ0n) is 15.1. The molecule has 0 saturated carbocycles. The van der Waals surface area contributed by atoms with E-state index in [1.165, 1.54) is 0 Å². The number of rotatable bonds is 5. The highest BCUT2D eigenvalue weighted by Crippen LogP contribution is 2.10. The lowest BCUT2D eigenvalue weighted by atomic mass is 10.1. The summed E-state index contributed by atoms with van der Waals surface area (Å²) in [7, 11) is 0. The normalized spacial score (nSPS) is 11.3. The van der Waals surface area contributed by atoms with E-state index in [9.17, 15) is 9.59 Å². The van der Waals surface area contributed by atoms with E-state index in [4.69, 9.17) is 12.2 Å². The zero-order chi connectivity index (χ0) is 19.1. The van der Waals surface area contributed by atoms with Gasteiger partial charge in [0.1, 0.15) is 0 Å². The molecule has 0 saturated heterocycles. The molecule has 1 atom stereocenters. The lowest BCUT2D eigenvalue weighted by Crippen LogP contribution is -2.34.